The van der Waals surface area contributed by atoms with Gasteiger partial charge >= 0.3 is 12.1 Å². The molecule has 0 radical (unpaired) electrons. The van der Waals surface area contributed by atoms with Gasteiger partial charge in [0, 0.05) is 24.5 Å². The standard InChI is InChI=1S/C29H41N9O3.C2HF3O2/c30-25(31)20-12-10-18(11-13-20)16-22(21-8-4-14-35-17-21)27(40)38-24(19-6-2-1-3-7-19)28(41)37-23(26(32)39)9-5-15-36-29(33)34;3-2(4,5)1(6)7/h4,8,10-14,17,19,22-24H,1-3,5-7,9,15-16H2,(H3,30,31)(H2,32,39)(H,37,41)(H,38,40)(H4,33,34,36);(H,6,7)/t22-,23+,24+;/m1./s1. The number of hydrogen-bond donors (Lipinski definition) is 9. The van der Waals surface area contributed by atoms with Gasteiger partial charge in [0.15, 0.2) is 5.96 Å². The van der Waals surface area contributed by atoms with E-state index in [-0.39, 0.29) is 30.0 Å². The van der Waals surface area contributed by atoms with Crippen LogP contribution in [0.25, 0.3) is 0 Å². The van der Waals surface area contributed by atoms with Crippen molar-refractivity contribution in [3.63, 3.8) is 0 Å². The molecule has 1 saturated carbocycles. The number of halogens is 3. The number of aromatic nitrogens is 1. The van der Waals surface area contributed by atoms with Crippen molar-refractivity contribution in [1.29, 1.82) is 10.8 Å². The highest BCUT2D eigenvalue weighted by Gasteiger charge is 2.38. The highest BCUT2D eigenvalue weighted by Crippen LogP contribution is 2.28. The molecule has 0 saturated heterocycles. The van der Waals surface area contributed by atoms with Gasteiger partial charge in [-0.25, -0.2) is 4.79 Å². The summed E-state index contributed by atoms with van der Waals surface area (Å²) in [5, 5.41) is 30.5. The third-order valence-corrected chi connectivity index (χ3v) is 7.70. The Labute approximate surface area is 275 Å². The van der Waals surface area contributed by atoms with Gasteiger partial charge in [-0.2, -0.15) is 13.2 Å². The highest BCUT2D eigenvalue weighted by molar-refractivity contribution is 5.95. The van der Waals surface area contributed by atoms with E-state index in [9.17, 15) is 27.6 Å². The zero-order valence-electron chi connectivity index (χ0n) is 26.2. The van der Waals surface area contributed by atoms with Crippen LogP contribution in [0.1, 0.15) is 67.6 Å². The molecule has 1 fully saturated rings. The SMILES string of the molecule is N=C(N)NCCC[C@H](NC(=O)[C@@H](NC(=O)[C@H](Cc1ccc(C(=N)N)cc1)c1cccnc1)C1CCCCC1)C(N)=O.O=C(O)C(F)(F)F. The van der Waals surface area contributed by atoms with Gasteiger partial charge < -0.3 is 38.3 Å². The third-order valence-electron chi connectivity index (χ3n) is 7.70. The molecule has 0 aliphatic heterocycles. The van der Waals surface area contributed by atoms with E-state index < -0.39 is 42.0 Å². The molecular weight excluding hydrogens is 635 g/mol. The minimum Gasteiger partial charge on any atom is -0.475 e. The first kappa shape index (κ1) is 39.0. The largest absolute Gasteiger partial charge is 0.490 e. The number of carboxylic acids is 1. The van der Waals surface area contributed by atoms with Crippen molar-refractivity contribution in [2.45, 2.75) is 75.5 Å². The number of benzene rings is 1. The van der Waals surface area contributed by atoms with Crippen molar-refractivity contribution in [2.75, 3.05) is 6.54 Å². The lowest BCUT2D eigenvalue weighted by molar-refractivity contribution is -0.192. The van der Waals surface area contributed by atoms with Gasteiger partial charge in [-0.3, -0.25) is 30.2 Å². The Kier molecular flexibility index (Phi) is 15.3. The Morgan fingerprint density at radius 1 is 0.958 bits per heavy atom. The summed E-state index contributed by atoms with van der Waals surface area (Å²) in [6.45, 7) is 0.359. The number of alkyl halides is 3. The number of nitrogens with two attached hydrogens (primary N) is 3. The topological polar surface area (TPSA) is 263 Å². The number of hydrogen-bond acceptors (Lipinski definition) is 7. The fourth-order valence-corrected chi connectivity index (χ4v) is 5.20. The molecule has 2 aromatic rings. The quantitative estimate of drug-likeness (QED) is 0.0798. The van der Waals surface area contributed by atoms with Gasteiger partial charge in [0.25, 0.3) is 0 Å². The van der Waals surface area contributed by atoms with Crippen LogP contribution in [0.2, 0.25) is 0 Å². The average Bonchev–Trinajstić information content (AvgIpc) is 3.04. The lowest BCUT2D eigenvalue weighted by atomic mass is 9.82. The Hall–Kier alpha value is -5.22. The van der Waals surface area contributed by atoms with Crippen LogP contribution in [0.3, 0.4) is 0 Å². The predicted octanol–water partition coefficient (Wildman–Crippen LogP) is 1.62. The van der Waals surface area contributed by atoms with Gasteiger partial charge in [0.05, 0.1) is 5.92 Å². The van der Waals surface area contributed by atoms with Crippen LogP contribution < -0.4 is 33.2 Å². The summed E-state index contributed by atoms with van der Waals surface area (Å²) in [6, 6.07) is 8.97. The number of guanidine groups is 1. The number of carboxylic acid groups (broad SMARTS) is 1. The Morgan fingerprint density at radius 2 is 1.58 bits per heavy atom. The molecular formula is C31H42F3N9O5. The minimum absolute atomic E-state index is 0.0381. The number of aliphatic carboxylic acids is 1. The molecule has 48 heavy (non-hydrogen) atoms. The first-order chi connectivity index (χ1) is 22.6. The number of nitrogens with one attached hydrogen (secondary N) is 5. The van der Waals surface area contributed by atoms with E-state index in [1.54, 1.807) is 30.6 Å². The molecule has 12 N–H and O–H groups in total. The fourth-order valence-electron chi connectivity index (χ4n) is 5.20. The van der Waals surface area contributed by atoms with Gasteiger partial charge in [-0.15, -0.1) is 0 Å². The molecule has 1 aromatic carbocycles. The third kappa shape index (κ3) is 13.3. The first-order valence-electron chi connectivity index (χ1n) is 15.2. The number of nitrogens with zero attached hydrogens (tertiary/aromatic N) is 1. The second-order valence-electron chi connectivity index (χ2n) is 11.3. The number of rotatable bonds is 14. The van der Waals surface area contributed by atoms with E-state index >= 15 is 0 Å². The molecule has 262 valence electrons. The molecule has 17 heteroatoms. The molecule has 3 amide bonds. The fraction of sp³-hybridized carbons (Fsp3) is 0.452. The number of nitrogen functional groups attached to an aromatic ring is 1. The average molecular weight is 678 g/mol. The summed E-state index contributed by atoms with van der Waals surface area (Å²) in [6.07, 6.45) is 3.81. The van der Waals surface area contributed by atoms with E-state index in [4.69, 9.17) is 37.9 Å². The van der Waals surface area contributed by atoms with E-state index in [2.05, 4.69) is 20.9 Å². The predicted molar refractivity (Wildman–Crippen MR) is 171 cm³/mol. The maximum Gasteiger partial charge on any atom is 0.490 e. The lowest BCUT2D eigenvalue weighted by Gasteiger charge is -2.32. The summed E-state index contributed by atoms with van der Waals surface area (Å²) in [5.74, 6) is -5.11. The number of pyridine rings is 1. The maximum atomic E-state index is 13.9. The zero-order chi connectivity index (χ0) is 35.9. The van der Waals surface area contributed by atoms with Crippen molar-refractivity contribution >= 4 is 35.5 Å². The Balaban J connectivity index is 0.00000103. The van der Waals surface area contributed by atoms with Crippen LogP contribution >= 0.6 is 0 Å². The van der Waals surface area contributed by atoms with Crippen molar-refractivity contribution in [1.82, 2.24) is 20.9 Å². The van der Waals surface area contributed by atoms with E-state index in [0.29, 0.717) is 30.5 Å². The molecule has 0 spiro atoms. The van der Waals surface area contributed by atoms with Crippen LogP contribution in [0.15, 0.2) is 48.8 Å². The summed E-state index contributed by atoms with van der Waals surface area (Å²) >= 11 is 0. The second-order valence-corrected chi connectivity index (χ2v) is 11.3. The van der Waals surface area contributed by atoms with Gasteiger partial charge in [-0.1, -0.05) is 49.6 Å². The first-order valence-corrected chi connectivity index (χ1v) is 15.2. The van der Waals surface area contributed by atoms with Crippen LogP contribution in [0, 0.1) is 16.7 Å². The van der Waals surface area contributed by atoms with Crippen LogP contribution in [0.5, 0.6) is 0 Å². The van der Waals surface area contributed by atoms with Crippen molar-refractivity contribution in [3.8, 4) is 0 Å². The molecule has 1 aliphatic rings. The van der Waals surface area contributed by atoms with E-state index in [1.807, 2.05) is 18.2 Å². The van der Waals surface area contributed by atoms with Crippen LogP contribution in [0.4, 0.5) is 13.2 Å². The number of carbonyl (C=O) groups is 4. The minimum atomic E-state index is -5.08. The monoisotopic (exact) mass is 677 g/mol. The molecule has 3 rings (SSSR count). The molecule has 3 atom stereocenters. The summed E-state index contributed by atoms with van der Waals surface area (Å²) < 4.78 is 31.7. The van der Waals surface area contributed by atoms with Gasteiger partial charge in [0.2, 0.25) is 17.7 Å². The molecule has 0 unspecified atom stereocenters. The number of primary amides is 1. The molecule has 1 aliphatic carbocycles. The van der Waals surface area contributed by atoms with E-state index in [1.165, 1.54) is 0 Å². The zero-order valence-corrected chi connectivity index (χ0v) is 26.2. The van der Waals surface area contributed by atoms with Crippen molar-refractivity contribution < 1.29 is 37.5 Å². The number of amides is 3. The maximum absolute atomic E-state index is 13.9. The Bertz CT molecular complexity index is 1400. The Morgan fingerprint density at radius 3 is 2.08 bits per heavy atom. The number of amidine groups is 1. The molecule has 0 bridgehead atoms. The lowest BCUT2D eigenvalue weighted by Crippen LogP contribution is -2.56. The van der Waals surface area contributed by atoms with E-state index in [0.717, 1.165) is 37.7 Å². The number of carbonyl (C=O) groups excluding carboxylic acids is 3. The molecule has 1 aromatic heterocycles. The van der Waals surface area contributed by atoms with Crippen LogP contribution in [-0.4, -0.2) is 70.4 Å². The van der Waals surface area contributed by atoms with Crippen LogP contribution in [-0.2, 0) is 25.6 Å². The van der Waals surface area contributed by atoms with Crippen molar-refractivity contribution in [3.05, 3.63) is 65.5 Å². The van der Waals surface area contributed by atoms with Crippen molar-refractivity contribution in [2.24, 2.45) is 23.1 Å². The summed E-state index contributed by atoms with van der Waals surface area (Å²) in [5.41, 5.74) is 18.6. The van der Waals surface area contributed by atoms with Gasteiger partial charge in [0.1, 0.15) is 17.9 Å². The second kappa shape index (κ2) is 18.8. The molecule has 1 heterocycles. The summed E-state index contributed by atoms with van der Waals surface area (Å²) in [7, 11) is 0. The van der Waals surface area contributed by atoms with Gasteiger partial charge in [-0.05, 0) is 55.2 Å². The highest BCUT2D eigenvalue weighted by atomic mass is 19.4. The summed E-state index contributed by atoms with van der Waals surface area (Å²) in [4.78, 5) is 52.7. The molecule has 14 nitrogen and oxygen atoms in total. The smallest absolute Gasteiger partial charge is 0.475 e. The normalized spacial score (nSPS) is 15.0.